The van der Waals surface area contributed by atoms with E-state index in [0.29, 0.717) is 0 Å². The number of hydrogen-bond acceptors (Lipinski definition) is 2. The lowest BCUT2D eigenvalue weighted by molar-refractivity contribution is 0.000770. The zero-order valence-electron chi connectivity index (χ0n) is 8.10. The summed E-state index contributed by atoms with van der Waals surface area (Å²) in [6.45, 7) is 3.03. The van der Waals surface area contributed by atoms with Crippen molar-refractivity contribution < 1.29 is 4.79 Å². The third kappa shape index (κ3) is 1.29. The molecule has 0 aromatic rings. The number of rotatable bonds is 0. The van der Waals surface area contributed by atoms with E-state index in [0.717, 1.165) is 32.5 Å². The van der Waals surface area contributed by atoms with E-state index in [1.54, 1.807) is 7.05 Å². The minimum absolute atomic E-state index is 0.0909. The summed E-state index contributed by atoms with van der Waals surface area (Å²) in [4.78, 5) is 13.5. The Bertz CT molecular complexity index is 211. The van der Waals surface area contributed by atoms with Crippen LogP contribution in [0.2, 0.25) is 0 Å². The van der Waals surface area contributed by atoms with Gasteiger partial charge in [-0.25, -0.2) is 4.79 Å². The molecule has 2 aliphatic heterocycles. The van der Waals surface area contributed by atoms with Crippen LogP contribution in [0.1, 0.15) is 19.3 Å². The molecule has 0 aliphatic carbocycles. The Morgan fingerprint density at radius 2 is 2.08 bits per heavy atom. The van der Waals surface area contributed by atoms with Gasteiger partial charge in [0.1, 0.15) is 0 Å². The summed E-state index contributed by atoms with van der Waals surface area (Å²) in [7, 11) is 1.70. The topological polar surface area (TPSA) is 44.4 Å². The molecule has 0 saturated carbocycles. The van der Waals surface area contributed by atoms with Crippen molar-refractivity contribution in [1.82, 2.24) is 15.5 Å². The Morgan fingerprint density at radius 3 is 2.54 bits per heavy atom. The lowest BCUT2D eigenvalue weighted by atomic mass is 9.77. The SMILES string of the molecule is CNC(=O)N1CCC12CCNCC2. The third-order valence-electron chi connectivity index (χ3n) is 3.37. The van der Waals surface area contributed by atoms with Gasteiger partial charge in [0.15, 0.2) is 0 Å². The van der Waals surface area contributed by atoms with Crippen molar-refractivity contribution in [2.24, 2.45) is 0 Å². The molecule has 2 aliphatic rings. The lowest BCUT2D eigenvalue weighted by Gasteiger charge is -2.54. The Kier molecular flexibility index (Phi) is 2.15. The molecule has 13 heavy (non-hydrogen) atoms. The summed E-state index contributed by atoms with van der Waals surface area (Å²) >= 11 is 0. The molecule has 1 spiro atoms. The van der Waals surface area contributed by atoms with Crippen LogP contribution in [0, 0.1) is 0 Å². The number of amides is 2. The Hall–Kier alpha value is -0.770. The van der Waals surface area contributed by atoms with Gasteiger partial charge in [0.25, 0.3) is 0 Å². The smallest absolute Gasteiger partial charge is 0.317 e. The predicted molar refractivity (Wildman–Crippen MR) is 50.6 cm³/mol. The molecule has 0 aromatic heterocycles. The third-order valence-corrected chi connectivity index (χ3v) is 3.37. The molecule has 4 nitrogen and oxygen atoms in total. The van der Waals surface area contributed by atoms with Gasteiger partial charge in [-0.3, -0.25) is 0 Å². The van der Waals surface area contributed by atoms with Gasteiger partial charge in [0.2, 0.25) is 0 Å². The second kappa shape index (κ2) is 3.18. The fourth-order valence-electron chi connectivity index (χ4n) is 2.40. The summed E-state index contributed by atoms with van der Waals surface area (Å²) in [5, 5.41) is 6.03. The first-order chi connectivity index (χ1) is 6.28. The minimum atomic E-state index is 0.0909. The number of hydrogen-bond donors (Lipinski definition) is 2. The van der Waals surface area contributed by atoms with Crippen molar-refractivity contribution in [3.8, 4) is 0 Å². The van der Waals surface area contributed by atoms with Crippen LogP contribution >= 0.6 is 0 Å². The van der Waals surface area contributed by atoms with E-state index in [-0.39, 0.29) is 11.6 Å². The zero-order valence-corrected chi connectivity index (χ0v) is 8.10. The van der Waals surface area contributed by atoms with E-state index in [2.05, 4.69) is 10.6 Å². The van der Waals surface area contributed by atoms with E-state index in [1.807, 2.05) is 4.90 Å². The van der Waals surface area contributed by atoms with Crippen LogP contribution in [0.4, 0.5) is 4.79 Å². The molecule has 2 amide bonds. The molecule has 0 atom stereocenters. The summed E-state index contributed by atoms with van der Waals surface area (Å²) in [5.74, 6) is 0. The number of carbonyl (C=O) groups is 1. The summed E-state index contributed by atoms with van der Waals surface area (Å²) in [6, 6.07) is 0.0909. The van der Waals surface area contributed by atoms with Gasteiger partial charge in [-0.1, -0.05) is 0 Å². The molecule has 2 saturated heterocycles. The van der Waals surface area contributed by atoms with E-state index in [9.17, 15) is 4.79 Å². The van der Waals surface area contributed by atoms with Gasteiger partial charge < -0.3 is 15.5 Å². The van der Waals surface area contributed by atoms with Crippen molar-refractivity contribution in [2.45, 2.75) is 24.8 Å². The number of urea groups is 1. The molecule has 0 aromatic carbocycles. The van der Waals surface area contributed by atoms with E-state index in [1.165, 1.54) is 6.42 Å². The van der Waals surface area contributed by atoms with Gasteiger partial charge >= 0.3 is 6.03 Å². The number of nitrogens with one attached hydrogen (secondary N) is 2. The number of likely N-dealkylation sites (tertiary alicyclic amines) is 1. The second-order valence-electron chi connectivity index (χ2n) is 3.93. The molecule has 2 N–H and O–H groups in total. The first kappa shape index (κ1) is 8.81. The lowest BCUT2D eigenvalue weighted by Crippen LogP contribution is -2.66. The fourth-order valence-corrected chi connectivity index (χ4v) is 2.40. The van der Waals surface area contributed by atoms with Gasteiger partial charge in [-0.15, -0.1) is 0 Å². The Labute approximate surface area is 78.7 Å². The van der Waals surface area contributed by atoms with Crippen LogP contribution in [-0.4, -0.2) is 43.2 Å². The Morgan fingerprint density at radius 1 is 1.38 bits per heavy atom. The summed E-state index contributed by atoms with van der Waals surface area (Å²) in [6.07, 6.45) is 3.41. The maximum atomic E-state index is 11.5. The molecular weight excluding hydrogens is 166 g/mol. The molecule has 74 valence electrons. The highest BCUT2D eigenvalue weighted by atomic mass is 16.2. The van der Waals surface area contributed by atoms with Crippen LogP contribution in [0.25, 0.3) is 0 Å². The molecule has 2 fully saturated rings. The van der Waals surface area contributed by atoms with E-state index >= 15 is 0 Å². The first-order valence-electron chi connectivity index (χ1n) is 4.99. The largest absolute Gasteiger partial charge is 0.341 e. The molecule has 0 radical (unpaired) electrons. The molecular formula is C9H17N3O. The standard InChI is InChI=1S/C9H17N3O/c1-10-8(13)12-7-4-9(12)2-5-11-6-3-9/h11H,2-7H2,1H3,(H,10,13). The van der Waals surface area contributed by atoms with E-state index < -0.39 is 0 Å². The van der Waals surface area contributed by atoms with E-state index in [4.69, 9.17) is 0 Å². The normalized spacial score (nSPS) is 25.5. The summed E-state index contributed by atoms with van der Waals surface area (Å²) in [5.41, 5.74) is 0.200. The van der Waals surface area contributed by atoms with Gasteiger partial charge in [0, 0.05) is 19.1 Å². The van der Waals surface area contributed by atoms with Crippen molar-refractivity contribution in [2.75, 3.05) is 26.7 Å². The highest BCUT2D eigenvalue weighted by Gasteiger charge is 2.47. The van der Waals surface area contributed by atoms with Crippen LogP contribution in [0.3, 0.4) is 0 Å². The van der Waals surface area contributed by atoms with Gasteiger partial charge in [-0.2, -0.15) is 0 Å². The first-order valence-corrected chi connectivity index (χ1v) is 4.99. The molecule has 2 heterocycles. The number of piperidine rings is 1. The molecule has 2 rings (SSSR count). The minimum Gasteiger partial charge on any atom is -0.341 e. The molecule has 0 bridgehead atoms. The van der Waals surface area contributed by atoms with Crippen molar-refractivity contribution in [3.63, 3.8) is 0 Å². The summed E-state index contributed by atoms with van der Waals surface area (Å²) < 4.78 is 0. The van der Waals surface area contributed by atoms with Crippen LogP contribution in [-0.2, 0) is 0 Å². The maximum Gasteiger partial charge on any atom is 0.317 e. The molecule has 0 unspecified atom stereocenters. The number of carbonyl (C=O) groups excluding carboxylic acids is 1. The van der Waals surface area contributed by atoms with Gasteiger partial charge in [-0.05, 0) is 32.4 Å². The molecule has 4 heteroatoms. The Balaban J connectivity index is 2.02. The maximum absolute atomic E-state index is 11.5. The fraction of sp³-hybridized carbons (Fsp3) is 0.889. The number of nitrogens with zero attached hydrogens (tertiary/aromatic N) is 1. The monoisotopic (exact) mass is 183 g/mol. The van der Waals surface area contributed by atoms with Crippen LogP contribution < -0.4 is 10.6 Å². The van der Waals surface area contributed by atoms with Crippen molar-refractivity contribution in [3.05, 3.63) is 0 Å². The van der Waals surface area contributed by atoms with Crippen LogP contribution in [0.15, 0.2) is 0 Å². The predicted octanol–water partition coefficient (Wildman–Crippen LogP) is 0.154. The van der Waals surface area contributed by atoms with Crippen molar-refractivity contribution in [1.29, 1.82) is 0 Å². The highest BCUT2D eigenvalue weighted by molar-refractivity contribution is 5.75. The van der Waals surface area contributed by atoms with Crippen molar-refractivity contribution >= 4 is 6.03 Å². The highest BCUT2D eigenvalue weighted by Crippen LogP contribution is 2.37. The average Bonchev–Trinajstić information content (AvgIpc) is 2.17. The van der Waals surface area contributed by atoms with Crippen LogP contribution in [0.5, 0.6) is 0 Å². The zero-order chi connectivity index (χ0) is 9.31. The van der Waals surface area contributed by atoms with Gasteiger partial charge in [0.05, 0.1) is 0 Å². The second-order valence-corrected chi connectivity index (χ2v) is 3.93. The average molecular weight is 183 g/mol. The quantitative estimate of drug-likeness (QED) is 0.561.